The lowest BCUT2D eigenvalue weighted by Crippen LogP contribution is -2.33. The Kier molecular flexibility index (Phi) is 3.64. The lowest BCUT2D eigenvalue weighted by molar-refractivity contribution is -0.163. The Morgan fingerprint density at radius 3 is 2.62 bits per heavy atom. The van der Waals surface area contributed by atoms with Gasteiger partial charge in [0.25, 0.3) is 0 Å². The van der Waals surface area contributed by atoms with Crippen molar-refractivity contribution in [3.8, 4) is 0 Å². The van der Waals surface area contributed by atoms with E-state index < -0.39 is 5.97 Å². The quantitative estimate of drug-likeness (QED) is 0.589. The molecule has 0 amide bonds. The van der Waals surface area contributed by atoms with Crippen molar-refractivity contribution in [3.05, 3.63) is 24.5 Å². The van der Waals surface area contributed by atoms with Gasteiger partial charge in [0.2, 0.25) is 0 Å². The molecule has 0 N–H and O–H groups in total. The molecule has 3 rings (SSSR count). The highest BCUT2D eigenvalue weighted by molar-refractivity contribution is 5.82. The highest BCUT2D eigenvalue weighted by Gasteiger charge is 2.47. The molecule has 0 spiro atoms. The number of hydrogen-bond donors (Lipinski definition) is 0. The molecule has 3 aliphatic carbocycles. The number of carbonyl (C=O) groups is 2. The highest BCUT2D eigenvalue weighted by Crippen LogP contribution is 2.49. The maximum absolute atomic E-state index is 12.4. The summed E-state index contributed by atoms with van der Waals surface area (Å²) in [6.07, 6.45) is 8.93. The summed E-state index contributed by atoms with van der Waals surface area (Å²) in [5, 5.41) is 0. The molecule has 0 saturated heterocycles. The summed E-state index contributed by atoms with van der Waals surface area (Å²) in [4.78, 5) is 23.7. The van der Waals surface area contributed by atoms with E-state index in [1.165, 1.54) is 6.08 Å². The third-order valence-electron chi connectivity index (χ3n) is 5.09. The standard InChI is InChI=1S/C17H22O4/c1-3-15(18)20-14-10-11-8-12(14)9-13(11)16(19)21-17(2)6-4-5-7-17/h3,10-13H,1,4-9H2,2H3. The number of hydrogen-bond acceptors (Lipinski definition) is 4. The first kappa shape index (κ1) is 14.4. The molecule has 3 atom stereocenters. The van der Waals surface area contributed by atoms with Gasteiger partial charge in [-0.3, -0.25) is 4.79 Å². The Hall–Kier alpha value is -1.58. The van der Waals surface area contributed by atoms with E-state index in [0.717, 1.165) is 38.5 Å². The maximum atomic E-state index is 12.4. The van der Waals surface area contributed by atoms with Crippen molar-refractivity contribution in [1.29, 1.82) is 0 Å². The second-order valence-electron chi connectivity index (χ2n) is 6.71. The van der Waals surface area contributed by atoms with Crippen LogP contribution in [0.2, 0.25) is 0 Å². The fourth-order valence-corrected chi connectivity index (χ4v) is 3.92. The first-order valence-corrected chi connectivity index (χ1v) is 7.79. The third kappa shape index (κ3) is 2.76. The van der Waals surface area contributed by atoms with Crippen molar-refractivity contribution in [2.45, 2.75) is 51.0 Å². The van der Waals surface area contributed by atoms with Gasteiger partial charge in [0, 0.05) is 12.0 Å². The van der Waals surface area contributed by atoms with Crippen LogP contribution in [-0.2, 0) is 19.1 Å². The summed E-state index contributed by atoms with van der Waals surface area (Å²) in [5.74, 6) is 0.469. The summed E-state index contributed by atoms with van der Waals surface area (Å²) in [7, 11) is 0. The van der Waals surface area contributed by atoms with Crippen LogP contribution in [0.4, 0.5) is 0 Å². The van der Waals surface area contributed by atoms with Gasteiger partial charge in [-0.25, -0.2) is 4.79 Å². The van der Waals surface area contributed by atoms with Gasteiger partial charge in [0.15, 0.2) is 0 Å². The minimum absolute atomic E-state index is 0.0707. The number of carbonyl (C=O) groups excluding carboxylic acids is 2. The number of rotatable bonds is 4. The Morgan fingerprint density at radius 1 is 1.33 bits per heavy atom. The molecule has 3 unspecified atom stereocenters. The van der Waals surface area contributed by atoms with E-state index in [1.54, 1.807) is 0 Å². The lowest BCUT2D eigenvalue weighted by Gasteiger charge is -2.28. The molecule has 0 radical (unpaired) electrons. The molecule has 3 aliphatic rings. The van der Waals surface area contributed by atoms with Crippen molar-refractivity contribution in [2.24, 2.45) is 17.8 Å². The van der Waals surface area contributed by atoms with Crippen molar-refractivity contribution in [3.63, 3.8) is 0 Å². The smallest absolute Gasteiger partial charge is 0.335 e. The molecule has 0 heterocycles. The molecule has 0 aromatic rings. The molecular formula is C17H22O4. The molecule has 21 heavy (non-hydrogen) atoms. The summed E-state index contributed by atoms with van der Waals surface area (Å²) in [6, 6.07) is 0. The van der Waals surface area contributed by atoms with Crippen LogP contribution in [0.1, 0.15) is 45.4 Å². The van der Waals surface area contributed by atoms with E-state index in [4.69, 9.17) is 9.47 Å². The molecule has 4 heteroatoms. The zero-order valence-corrected chi connectivity index (χ0v) is 12.5. The summed E-state index contributed by atoms with van der Waals surface area (Å²) in [6.45, 7) is 5.44. The summed E-state index contributed by atoms with van der Waals surface area (Å²) < 4.78 is 11.0. The molecule has 2 fully saturated rings. The van der Waals surface area contributed by atoms with Crippen molar-refractivity contribution in [2.75, 3.05) is 0 Å². The van der Waals surface area contributed by atoms with E-state index in [1.807, 2.05) is 13.0 Å². The first-order valence-electron chi connectivity index (χ1n) is 7.79. The van der Waals surface area contributed by atoms with Gasteiger partial charge in [-0.15, -0.1) is 0 Å². The fraction of sp³-hybridized carbons (Fsp3) is 0.647. The van der Waals surface area contributed by atoms with Crippen LogP contribution in [0.25, 0.3) is 0 Å². The minimum atomic E-state index is -0.425. The minimum Gasteiger partial charge on any atom is -0.459 e. The molecule has 0 aliphatic heterocycles. The van der Waals surface area contributed by atoms with Crippen LogP contribution in [-0.4, -0.2) is 17.5 Å². The predicted molar refractivity (Wildman–Crippen MR) is 77.0 cm³/mol. The van der Waals surface area contributed by atoms with Gasteiger partial charge < -0.3 is 9.47 Å². The molecule has 2 bridgehead atoms. The molecule has 0 aromatic heterocycles. The zero-order chi connectivity index (χ0) is 15.0. The van der Waals surface area contributed by atoms with Crippen molar-refractivity contribution < 1.29 is 19.1 Å². The second kappa shape index (κ2) is 5.32. The van der Waals surface area contributed by atoms with Gasteiger partial charge in [0.05, 0.1) is 5.92 Å². The van der Waals surface area contributed by atoms with Crippen molar-refractivity contribution >= 4 is 11.9 Å². The van der Waals surface area contributed by atoms with Crippen molar-refractivity contribution in [1.82, 2.24) is 0 Å². The number of esters is 2. The van der Waals surface area contributed by atoms with Gasteiger partial charge in [-0.05, 0) is 57.4 Å². The van der Waals surface area contributed by atoms with E-state index in [2.05, 4.69) is 6.58 Å². The Balaban J connectivity index is 1.61. The van der Waals surface area contributed by atoms with E-state index in [0.29, 0.717) is 5.76 Å². The summed E-state index contributed by atoms with van der Waals surface area (Å²) in [5.41, 5.74) is -0.263. The lowest BCUT2D eigenvalue weighted by atomic mass is 9.92. The fourth-order valence-electron chi connectivity index (χ4n) is 3.92. The average molecular weight is 290 g/mol. The maximum Gasteiger partial charge on any atom is 0.335 e. The van der Waals surface area contributed by atoms with Crippen LogP contribution < -0.4 is 0 Å². The topological polar surface area (TPSA) is 52.6 Å². The zero-order valence-electron chi connectivity index (χ0n) is 12.5. The van der Waals surface area contributed by atoms with Gasteiger partial charge >= 0.3 is 11.9 Å². The van der Waals surface area contributed by atoms with E-state index in [9.17, 15) is 9.59 Å². The molecule has 0 aromatic carbocycles. The van der Waals surface area contributed by atoms with Crippen LogP contribution in [0.5, 0.6) is 0 Å². The van der Waals surface area contributed by atoms with Crippen LogP contribution >= 0.6 is 0 Å². The Morgan fingerprint density at radius 2 is 2.05 bits per heavy atom. The van der Waals surface area contributed by atoms with Gasteiger partial charge in [0.1, 0.15) is 11.4 Å². The number of allylic oxidation sites excluding steroid dienone is 2. The van der Waals surface area contributed by atoms with E-state index in [-0.39, 0.29) is 29.3 Å². The normalized spacial score (nSPS) is 32.6. The molecular weight excluding hydrogens is 268 g/mol. The molecule has 2 saturated carbocycles. The highest BCUT2D eigenvalue weighted by atomic mass is 16.6. The van der Waals surface area contributed by atoms with Gasteiger partial charge in [-0.2, -0.15) is 0 Å². The van der Waals surface area contributed by atoms with Gasteiger partial charge in [-0.1, -0.05) is 6.58 Å². The monoisotopic (exact) mass is 290 g/mol. The van der Waals surface area contributed by atoms with Crippen LogP contribution in [0.15, 0.2) is 24.5 Å². The summed E-state index contributed by atoms with van der Waals surface area (Å²) >= 11 is 0. The predicted octanol–water partition coefficient (Wildman–Crippen LogP) is 3.13. The Labute approximate surface area is 125 Å². The molecule has 114 valence electrons. The van der Waals surface area contributed by atoms with E-state index >= 15 is 0 Å². The average Bonchev–Trinajstić information content (AvgIpc) is 3.13. The molecule has 4 nitrogen and oxygen atoms in total. The largest absolute Gasteiger partial charge is 0.459 e. The third-order valence-corrected chi connectivity index (χ3v) is 5.09. The van der Waals surface area contributed by atoms with Crippen LogP contribution in [0, 0.1) is 17.8 Å². The second-order valence-corrected chi connectivity index (χ2v) is 6.71. The SMILES string of the molecule is C=CC(=O)OC1=CC2CC1CC2C(=O)OC1(C)CCCC1. The Bertz CT molecular complexity index is 499. The number of fused-ring (bicyclic) bond motifs is 2. The first-order chi connectivity index (χ1) is 10.0. The number of ether oxygens (including phenoxy) is 2. The van der Waals surface area contributed by atoms with Crippen LogP contribution in [0.3, 0.4) is 0 Å².